The van der Waals surface area contributed by atoms with Gasteiger partial charge in [-0.1, -0.05) is 6.07 Å². The SMILES string of the molecule is O=C(NCCNc1ncccn1)NC[C@@H](O)c1ccc(F)c(F)c1. The van der Waals surface area contributed by atoms with Crippen molar-refractivity contribution in [1.29, 1.82) is 0 Å². The van der Waals surface area contributed by atoms with Gasteiger partial charge >= 0.3 is 6.03 Å². The van der Waals surface area contributed by atoms with Gasteiger partial charge in [-0.3, -0.25) is 0 Å². The molecule has 9 heteroatoms. The van der Waals surface area contributed by atoms with Crippen molar-refractivity contribution < 1.29 is 18.7 Å². The number of urea groups is 1. The number of amides is 2. The minimum absolute atomic E-state index is 0.133. The Balaban J connectivity index is 1.66. The van der Waals surface area contributed by atoms with Crippen molar-refractivity contribution in [2.45, 2.75) is 6.10 Å². The monoisotopic (exact) mass is 337 g/mol. The Labute approximate surface area is 137 Å². The van der Waals surface area contributed by atoms with Gasteiger partial charge in [0, 0.05) is 32.0 Å². The molecule has 0 saturated heterocycles. The molecule has 1 aromatic heterocycles. The highest BCUT2D eigenvalue weighted by Gasteiger charge is 2.12. The van der Waals surface area contributed by atoms with Crippen LogP contribution in [0.3, 0.4) is 0 Å². The first-order chi connectivity index (χ1) is 11.6. The number of aliphatic hydroxyl groups is 1. The van der Waals surface area contributed by atoms with Crippen LogP contribution >= 0.6 is 0 Å². The molecular weight excluding hydrogens is 320 g/mol. The number of aromatic nitrogens is 2. The van der Waals surface area contributed by atoms with Crippen molar-refractivity contribution in [1.82, 2.24) is 20.6 Å². The molecule has 7 nitrogen and oxygen atoms in total. The third-order valence-corrected chi connectivity index (χ3v) is 3.04. The average Bonchev–Trinajstić information content (AvgIpc) is 2.60. The summed E-state index contributed by atoms with van der Waals surface area (Å²) in [6, 6.07) is 4.27. The van der Waals surface area contributed by atoms with Crippen LogP contribution in [0.5, 0.6) is 0 Å². The van der Waals surface area contributed by atoms with Gasteiger partial charge in [-0.25, -0.2) is 23.5 Å². The molecule has 0 unspecified atom stereocenters. The topological polar surface area (TPSA) is 99.2 Å². The molecule has 0 aliphatic carbocycles. The van der Waals surface area contributed by atoms with E-state index < -0.39 is 23.8 Å². The van der Waals surface area contributed by atoms with Crippen molar-refractivity contribution in [3.8, 4) is 0 Å². The number of carbonyl (C=O) groups is 1. The van der Waals surface area contributed by atoms with Gasteiger partial charge in [0.25, 0.3) is 0 Å². The third-order valence-electron chi connectivity index (χ3n) is 3.04. The molecule has 0 aliphatic rings. The standard InChI is InChI=1S/C15H17F2N5O2/c16-11-3-2-10(8-12(11)17)13(23)9-22-15(24)21-7-6-20-14-18-4-1-5-19-14/h1-5,8,13,23H,6-7,9H2,(H,18,19,20)(H2,21,22,24)/t13-/m1/s1. The highest BCUT2D eigenvalue weighted by molar-refractivity contribution is 5.73. The lowest BCUT2D eigenvalue weighted by molar-refractivity contribution is 0.172. The van der Waals surface area contributed by atoms with Crippen LogP contribution in [0.15, 0.2) is 36.7 Å². The van der Waals surface area contributed by atoms with Gasteiger partial charge in [0.2, 0.25) is 5.95 Å². The van der Waals surface area contributed by atoms with Gasteiger partial charge in [0.05, 0.1) is 6.10 Å². The van der Waals surface area contributed by atoms with Crippen molar-refractivity contribution >= 4 is 12.0 Å². The zero-order valence-corrected chi connectivity index (χ0v) is 12.7. The maximum atomic E-state index is 13.1. The Hall–Kier alpha value is -2.81. The van der Waals surface area contributed by atoms with E-state index in [0.29, 0.717) is 19.0 Å². The van der Waals surface area contributed by atoms with Gasteiger partial charge in [-0.2, -0.15) is 0 Å². The van der Waals surface area contributed by atoms with Crippen LogP contribution < -0.4 is 16.0 Å². The first-order valence-electron chi connectivity index (χ1n) is 7.22. The lowest BCUT2D eigenvalue weighted by atomic mass is 10.1. The zero-order valence-electron chi connectivity index (χ0n) is 12.7. The number of carbonyl (C=O) groups excluding carboxylic acids is 1. The Morgan fingerprint density at radius 2 is 1.88 bits per heavy atom. The minimum Gasteiger partial charge on any atom is -0.387 e. The maximum absolute atomic E-state index is 13.1. The maximum Gasteiger partial charge on any atom is 0.314 e. The van der Waals surface area contributed by atoms with Crippen LogP contribution in [0, 0.1) is 11.6 Å². The van der Waals surface area contributed by atoms with E-state index >= 15 is 0 Å². The number of nitrogens with zero attached hydrogens (tertiary/aromatic N) is 2. The van der Waals surface area contributed by atoms with Gasteiger partial charge in [0.15, 0.2) is 11.6 Å². The quantitative estimate of drug-likeness (QED) is 0.569. The van der Waals surface area contributed by atoms with E-state index in [4.69, 9.17) is 0 Å². The van der Waals surface area contributed by atoms with E-state index in [-0.39, 0.29) is 12.1 Å². The Kier molecular flexibility index (Phi) is 6.38. The second-order valence-electron chi connectivity index (χ2n) is 4.83. The summed E-state index contributed by atoms with van der Waals surface area (Å²) < 4.78 is 25.9. The van der Waals surface area contributed by atoms with E-state index in [1.54, 1.807) is 18.5 Å². The third kappa shape index (κ3) is 5.43. The number of anilines is 1. The Morgan fingerprint density at radius 3 is 2.58 bits per heavy atom. The molecule has 2 amide bonds. The number of aliphatic hydroxyl groups excluding tert-OH is 1. The summed E-state index contributed by atoms with van der Waals surface area (Å²) in [6.07, 6.45) is 2.05. The molecule has 0 bridgehead atoms. The zero-order chi connectivity index (χ0) is 17.4. The molecule has 0 saturated carbocycles. The van der Waals surface area contributed by atoms with E-state index in [0.717, 1.165) is 12.1 Å². The molecule has 0 fully saturated rings. The highest BCUT2D eigenvalue weighted by Crippen LogP contribution is 2.15. The van der Waals surface area contributed by atoms with Crippen LogP contribution in [0.2, 0.25) is 0 Å². The number of rotatable bonds is 7. The predicted octanol–water partition coefficient (Wildman–Crippen LogP) is 1.20. The van der Waals surface area contributed by atoms with Crippen LogP contribution in [-0.2, 0) is 0 Å². The van der Waals surface area contributed by atoms with Crippen molar-refractivity contribution in [3.63, 3.8) is 0 Å². The molecule has 0 radical (unpaired) electrons. The van der Waals surface area contributed by atoms with Crippen LogP contribution in [0.1, 0.15) is 11.7 Å². The van der Waals surface area contributed by atoms with E-state index in [1.165, 1.54) is 6.07 Å². The fourth-order valence-corrected chi connectivity index (χ4v) is 1.83. The Bertz CT molecular complexity index is 672. The number of hydrogen-bond donors (Lipinski definition) is 4. The van der Waals surface area contributed by atoms with Crippen LogP contribution in [0.4, 0.5) is 19.5 Å². The highest BCUT2D eigenvalue weighted by atomic mass is 19.2. The molecule has 2 rings (SSSR count). The summed E-state index contributed by atoms with van der Waals surface area (Å²) >= 11 is 0. The van der Waals surface area contributed by atoms with E-state index in [2.05, 4.69) is 25.9 Å². The Morgan fingerprint density at radius 1 is 1.12 bits per heavy atom. The van der Waals surface area contributed by atoms with Gasteiger partial charge < -0.3 is 21.1 Å². The van der Waals surface area contributed by atoms with Crippen molar-refractivity contribution in [3.05, 3.63) is 53.9 Å². The number of halogens is 2. The molecule has 1 atom stereocenters. The van der Waals surface area contributed by atoms with Crippen molar-refractivity contribution in [2.24, 2.45) is 0 Å². The predicted molar refractivity (Wildman–Crippen MR) is 83.2 cm³/mol. The number of benzene rings is 1. The molecule has 1 aromatic carbocycles. The number of nitrogens with one attached hydrogen (secondary N) is 3. The fraction of sp³-hybridized carbons (Fsp3) is 0.267. The molecule has 2 aromatic rings. The second kappa shape index (κ2) is 8.73. The summed E-state index contributed by atoms with van der Waals surface area (Å²) in [5.74, 6) is -1.59. The molecule has 128 valence electrons. The minimum atomic E-state index is -1.14. The molecule has 4 N–H and O–H groups in total. The second-order valence-corrected chi connectivity index (χ2v) is 4.83. The fourth-order valence-electron chi connectivity index (χ4n) is 1.83. The summed E-state index contributed by atoms with van der Waals surface area (Å²) in [5.41, 5.74) is 0.178. The van der Waals surface area contributed by atoms with Gasteiger partial charge in [0.1, 0.15) is 0 Å². The molecular formula is C15H17F2N5O2. The summed E-state index contributed by atoms with van der Waals surface area (Å²) in [7, 11) is 0. The molecule has 24 heavy (non-hydrogen) atoms. The lowest BCUT2D eigenvalue weighted by Crippen LogP contribution is -2.39. The van der Waals surface area contributed by atoms with E-state index in [1.807, 2.05) is 0 Å². The summed E-state index contributed by atoms with van der Waals surface area (Å²) in [5, 5.41) is 17.8. The van der Waals surface area contributed by atoms with Crippen LogP contribution in [0.25, 0.3) is 0 Å². The van der Waals surface area contributed by atoms with E-state index in [9.17, 15) is 18.7 Å². The van der Waals surface area contributed by atoms with Crippen LogP contribution in [-0.4, -0.2) is 40.7 Å². The van der Waals surface area contributed by atoms with Gasteiger partial charge in [-0.15, -0.1) is 0 Å². The largest absolute Gasteiger partial charge is 0.387 e. The summed E-state index contributed by atoms with van der Waals surface area (Å²) in [4.78, 5) is 19.5. The lowest BCUT2D eigenvalue weighted by Gasteiger charge is -2.13. The van der Waals surface area contributed by atoms with Gasteiger partial charge in [-0.05, 0) is 23.8 Å². The average molecular weight is 337 g/mol. The molecule has 0 aliphatic heterocycles. The number of hydrogen-bond acceptors (Lipinski definition) is 5. The smallest absolute Gasteiger partial charge is 0.314 e. The summed E-state index contributed by atoms with van der Waals surface area (Å²) in [6.45, 7) is 0.598. The first kappa shape index (κ1) is 17.5. The van der Waals surface area contributed by atoms with Crippen molar-refractivity contribution in [2.75, 3.05) is 25.0 Å². The normalized spacial score (nSPS) is 11.6. The molecule has 1 heterocycles. The molecule has 0 spiro atoms. The first-order valence-corrected chi connectivity index (χ1v) is 7.22.